The summed E-state index contributed by atoms with van der Waals surface area (Å²) >= 11 is 1.36. The van der Waals surface area contributed by atoms with E-state index in [0.29, 0.717) is 17.2 Å². The van der Waals surface area contributed by atoms with Gasteiger partial charge in [-0.05, 0) is 40.0 Å². The van der Waals surface area contributed by atoms with Crippen molar-refractivity contribution in [2.45, 2.75) is 46.1 Å². The second-order valence-corrected chi connectivity index (χ2v) is 6.64. The zero-order valence-corrected chi connectivity index (χ0v) is 16.7. The van der Waals surface area contributed by atoms with Gasteiger partial charge in [0.15, 0.2) is 5.96 Å². The molecule has 8 heteroatoms. The van der Waals surface area contributed by atoms with Gasteiger partial charge in [-0.15, -0.1) is 11.3 Å². The molecule has 1 atom stereocenters. The van der Waals surface area contributed by atoms with E-state index in [1.54, 1.807) is 21.1 Å². The van der Waals surface area contributed by atoms with Crippen LogP contribution in [-0.2, 0) is 9.47 Å². The molecule has 1 heterocycles. The van der Waals surface area contributed by atoms with Crippen molar-refractivity contribution in [2.24, 2.45) is 4.99 Å². The monoisotopic (exact) mass is 370 g/mol. The van der Waals surface area contributed by atoms with Crippen LogP contribution in [0.15, 0.2) is 4.99 Å². The summed E-state index contributed by atoms with van der Waals surface area (Å²) in [7, 11) is 3.46. The fourth-order valence-electron chi connectivity index (χ4n) is 2.20. The van der Waals surface area contributed by atoms with E-state index in [9.17, 15) is 4.79 Å². The van der Waals surface area contributed by atoms with Gasteiger partial charge < -0.3 is 20.1 Å². The zero-order chi connectivity index (χ0) is 18.7. The minimum atomic E-state index is -0.311. The highest BCUT2D eigenvalue weighted by molar-refractivity contribution is 7.13. The second-order valence-electron chi connectivity index (χ2n) is 5.61. The van der Waals surface area contributed by atoms with Gasteiger partial charge in [-0.1, -0.05) is 0 Å². The van der Waals surface area contributed by atoms with Gasteiger partial charge in [-0.25, -0.2) is 9.78 Å². The molecule has 0 aliphatic rings. The number of hydrogen-bond acceptors (Lipinski definition) is 6. The molecule has 25 heavy (non-hydrogen) atoms. The maximum Gasteiger partial charge on any atom is 0.350 e. The number of aryl methyl sites for hydroxylation is 1. The van der Waals surface area contributed by atoms with E-state index < -0.39 is 0 Å². The lowest BCUT2D eigenvalue weighted by Crippen LogP contribution is -2.39. The average molecular weight is 371 g/mol. The molecule has 0 spiro atoms. The molecule has 0 aromatic carbocycles. The number of carbonyl (C=O) groups is 1. The van der Waals surface area contributed by atoms with Crippen LogP contribution < -0.4 is 10.6 Å². The quantitative estimate of drug-likeness (QED) is 0.285. The lowest BCUT2D eigenvalue weighted by atomic mass is 10.2. The van der Waals surface area contributed by atoms with Crippen LogP contribution in [-0.4, -0.2) is 50.8 Å². The van der Waals surface area contributed by atoms with E-state index in [1.165, 1.54) is 11.3 Å². The summed E-state index contributed by atoms with van der Waals surface area (Å²) in [6.45, 7) is 7.63. The number of aromatic nitrogens is 1. The van der Waals surface area contributed by atoms with Crippen molar-refractivity contribution >= 4 is 23.3 Å². The number of ether oxygens (including phenoxy) is 2. The van der Waals surface area contributed by atoms with E-state index in [1.807, 2.05) is 13.8 Å². The standard InChI is InChI=1S/C17H30N4O3S/c1-6-24-16(22)14-12(2)20-15(25-14)13(3)21-17(18-4)19-10-8-7-9-11-23-5/h13H,6-11H2,1-5H3,(H2,18,19,21). The van der Waals surface area contributed by atoms with Crippen molar-refractivity contribution in [3.8, 4) is 0 Å². The van der Waals surface area contributed by atoms with Crippen molar-refractivity contribution < 1.29 is 14.3 Å². The minimum absolute atomic E-state index is 0.0495. The number of rotatable bonds is 10. The van der Waals surface area contributed by atoms with E-state index in [2.05, 4.69) is 20.6 Å². The van der Waals surface area contributed by atoms with Crippen LogP contribution in [0.25, 0.3) is 0 Å². The number of unbranched alkanes of at least 4 members (excludes halogenated alkanes) is 2. The summed E-state index contributed by atoms with van der Waals surface area (Å²) in [5.74, 6) is 0.416. The Morgan fingerprint density at radius 3 is 2.76 bits per heavy atom. The molecule has 0 saturated carbocycles. The normalized spacial score (nSPS) is 12.8. The summed E-state index contributed by atoms with van der Waals surface area (Å²) in [4.78, 5) is 21.2. The minimum Gasteiger partial charge on any atom is -0.462 e. The highest BCUT2D eigenvalue weighted by atomic mass is 32.1. The van der Waals surface area contributed by atoms with Gasteiger partial charge in [0.1, 0.15) is 9.88 Å². The largest absolute Gasteiger partial charge is 0.462 e. The molecule has 1 rings (SSSR count). The number of hydrogen-bond donors (Lipinski definition) is 2. The molecule has 0 bridgehead atoms. The van der Waals surface area contributed by atoms with Gasteiger partial charge in [0.05, 0.1) is 18.3 Å². The molecule has 7 nitrogen and oxygen atoms in total. The molecule has 1 aromatic rings. The molecular weight excluding hydrogens is 340 g/mol. The summed E-state index contributed by atoms with van der Waals surface area (Å²) in [5.41, 5.74) is 0.702. The number of carbonyl (C=O) groups excluding carboxylic acids is 1. The van der Waals surface area contributed by atoms with Gasteiger partial charge >= 0.3 is 5.97 Å². The first kappa shape index (κ1) is 21.4. The predicted molar refractivity (Wildman–Crippen MR) is 101 cm³/mol. The van der Waals surface area contributed by atoms with Crippen molar-refractivity contribution in [1.29, 1.82) is 0 Å². The summed E-state index contributed by atoms with van der Waals surface area (Å²) in [5, 5.41) is 7.44. The summed E-state index contributed by atoms with van der Waals surface area (Å²) in [6.07, 6.45) is 3.24. The molecule has 0 aliphatic carbocycles. The Bertz CT molecular complexity index is 560. The maximum atomic E-state index is 11.9. The zero-order valence-electron chi connectivity index (χ0n) is 15.8. The van der Waals surface area contributed by atoms with Crippen LogP contribution in [0.3, 0.4) is 0 Å². The van der Waals surface area contributed by atoms with Crippen LogP contribution >= 0.6 is 11.3 Å². The molecular formula is C17H30N4O3S. The highest BCUT2D eigenvalue weighted by Gasteiger charge is 2.19. The summed E-state index contributed by atoms with van der Waals surface area (Å²) in [6, 6.07) is -0.0495. The number of nitrogens with zero attached hydrogens (tertiary/aromatic N) is 2. The molecule has 0 saturated heterocycles. The molecule has 0 fully saturated rings. The van der Waals surface area contributed by atoms with Crippen LogP contribution in [0.4, 0.5) is 0 Å². The molecule has 0 radical (unpaired) electrons. The van der Waals surface area contributed by atoms with E-state index >= 15 is 0 Å². The number of aliphatic imine (C=N–C) groups is 1. The fraction of sp³-hybridized carbons (Fsp3) is 0.706. The van der Waals surface area contributed by atoms with Crippen LogP contribution in [0, 0.1) is 6.92 Å². The Hall–Kier alpha value is -1.67. The second kappa shape index (κ2) is 11.8. The number of thiazole rings is 1. The smallest absolute Gasteiger partial charge is 0.350 e. The third kappa shape index (κ3) is 7.39. The van der Waals surface area contributed by atoms with Crippen molar-refractivity contribution in [3.63, 3.8) is 0 Å². The number of esters is 1. The molecule has 0 aliphatic heterocycles. The van der Waals surface area contributed by atoms with E-state index in [4.69, 9.17) is 9.47 Å². The van der Waals surface area contributed by atoms with E-state index in [0.717, 1.165) is 43.4 Å². The summed E-state index contributed by atoms with van der Waals surface area (Å²) < 4.78 is 10.1. The predicted octanol–water partition coefficient (Wildman–Crippen LogP) is 2.67. The van der Waals surface area contributed by atoms with Crippen molar-refractivity contribution in [3.05, 3.63) is 15.6 Å². The van der Waals surface area contributed by atoms with Crippen LogP contribution in [0.2, 0.25) is 0 Å². The highest BCUT2D eigenvalue weighted by Crippen LogP contribution is 2.24. The van der Waals surface area contributed by atoms with Gasteiger partial charge in [0, 0.05) is 27.3 Å². The van der Waals surface area contributed by atoms with Gasteiger partial charge in [-0.3, -0.25) is 4.99 Å². The first-order valence-corrected chi connectivity index (χ1v) is 9.45. The fourth-order valence-corrected chi connectivity index (χ4v) is 3.17. The van der Waals surface area contributed by atoms with E-state index in [-0.39, 0.29) is 12.0 Å². The Morgan fingerprint density at radius 2 is 2.12 bits per heavy atom. The Morgan fingerprint density at radius 1 is 1.36 bits per heavy atom. The van der Waals surface area contributed by atoms with Crippen molar-refractivity contribution in [1.82, 2.24) is 15.6 Å². The SMILES string of the molecule is CCOC(=O)c1sc(C(C)NC(=NC)NCCCCCOC)nc1C. The third-order valence-corrected chi connectivity index (χ3v) is 4.86. The average Bonchev–Trinajstić information content (AvgIpc) is 2.99. The van der Waals surface area contributed by atoms with Crippen LogP contribution in [0.1, 0.15) is 59.5 Å². The molecule has 1 aromatic heterocycles. The Kier molecular flexibility index (Phi) is 10.1. The van der Waals surface area contributed by atoms with Gasteiger partial charge in [0.25, 0.3) is 0 Å². The molecule has 1 unspecified atom stereocenters. The number of nitrogens with one attached hydrogen (secondary N) is 2. The first-order chi connectivity index (χ1) is 12.0. The molecule has 142 valence electrons. The van der Waals surface area contributed by atoms with Crippen LogP contribution in [0.5, 0.6) is 0 Å². The molecule has 2 N–H and O–H groups in total. The Balaban J connectivity index is 2.51. The number of guanidine groups is 1. The number of methoxy groups -OCH3 is 1. The lowest BCUT2D eigenvalue weighted by Gasteiger charge is -2.16. The lowest BCUT2D eigenvalue weighted by molar-refractivity contribution is 0.0531. The maximum absolute atomic E-state index is 11.9. The van der Waals surface area contributed by atoms with Gasteiger partial charge in [0.2, 0.25) is 0 Å². The molecule has 0 amide bonds. The van der Waals surface area contributed by atoms with Crippen molar-refractivity contribution in [2.75, 3.05) is 33.9 Å². The topological polar surface area (TPSA) is 84.8 Å². The van der Waals surface area contributed by atoms with Gasteiger partial charge in [-0.2, -0.15) is 0 Å². The Labute approximate surface area is 154 Å². The first-order valence-electron chi connectivity index (χ1n) is 8.64. The third-order valence-electron chi connectivity index (χ3n) is 3.54.